The lowest BCUT2D eigenvalue weighted by atomic mass is 10.0. The molecular weight excluding hydrogens is 244 g/mol. The second-order valence-electron chi connectivity index (χ2n) is 4.88. The summed E-state index contributed by atoms with van der Waals surface area (Å²) in [4.78, 5) is 0. The van der Waals surface area contributed by atoms with E-state index in [2.05, 4.69) is 5.16 Å². The number of ether oxygens (including phenoxy) is 2. The SMILES string of the molecule is Cc1cc(/C(N)=N/O)cc(C)c1OC1CCCOC1. The summed E-state index contributed by atoms with van der Waals surface area (Å²) >= 11 is 0. The summed E-state index contributed by atoms with van der Waals surface area (Å²) < 4.78 is 11.4. The molecule has 19 heavy (non-hydrogen) atoms. The lowest BCUT2D eigenvalue weighted by Gasteiger charge is -2.25. The van der Waals surface area contributed by atoms with Crippen molar-refractivity contribution >= 4 is 5.84 Å². The zero-order chi connectivity index (χ0) is 13.8. The molecule has 1 fully saturated rings. The van der Waals surface area contributed by atoms with Gasteiger partial charge in [0.1, 0.15) is 11.9 Å². The van der Waals surface area contributed by atoms with E-state index < -0.39 is 0 Å². The van der Waals surface area contributed by atoms with Crippen LogP contribution >= 0.6 is 0 Å². The van der Waals surface area contributed by atoms with Crippen LogP contribution in [0.1, 0.15) is 29.5 Å². The van der Waals surface area contributed by atoms with Crippen molar-refractivity contribution in [1.82, 2.24) is 0 Å². The normalized spacial score (nSPS) is 20.3. The van der Waals surface area contributed by atoms with Crippen LogP contribution in [0.25, 0.3) is 0 Å². The number of rotatable bonds is 3. The van der Waals surface area contributed by atoms with E-state index in [1.54, 1.807) is 0 Å². The maximum absolute atomic E-state index is 8.72. The van der Waals surface area contributed by atoms with Gasteiger partial charge in [0.25, 0.3) is 0 Å². The molecule has 1 aromatic carbocycles. The van der Waals surface area contributed by atoms with E-state index in [0.717, 1.165) is 36.3 Å². The Morgan fingerprint density at radius 1 is 1.42 bits per heavy atom. The average Bonchev–Trinajstić information content (AvgIpc) is 2.43. The highest BCUT2D eigenvalue weighted by atomic mass is 16.5. The summed E-state index contributed by atoms with van der Waals surface area (Å²) in [7, 11) is 0. The number of oxime groups is 1. The fourth-order valence-electron chi connectivity index (χ4n) is 2.31. The van der Waals surface area contributed by atoms with Gasteiger partial charge in [-0.2, -0.15) is 0 Å². The van der Waals surface area contributed by atoms with Gasteiger partial charge in [-0.1, -0.05) is 5.16 Å². The number of aryl methyl sites for hydroxylation is 2. The predicted octanol–water partition coefficient (Wildman–Crippen LogP) is 1.96. The van der Waals surface area contributed by atoms with Gasteiger partial charge in [-0.3, -0.25) is 0 Å². The summed E-state index contributed by atoms with van der Waals surface area (Å²) in [6.45, 7) is 5.38. The van der Waals surface area contributed by atoms with Gasteiger partial charge in [-0.25, -0.2) is 0 Å². The summed E-state index contributed by atoms with van der Waals surface area (Å²) in [5.41, 5.74) is 8.26. The molecule has 0 amide bonds. The van der Waals surface area contributed by atoms with Crippen molar-refractivity contribution in [3.05, 3.63) is 28.8 Å². The smallest absolute Gasteiger partial charge is 0.170 e. The van der Waals surface area contributed by atoms with E-state index >= 15 is 0 Å². The molecule has 5 heteroatoms. The van der Waals surface area contributed by atoms with Crippen LogP contribution in [0.3, 0.4) is 0 Å². The first kappa shape index (κ1) is 13.7. The molecule has 0 spiro atoms. The van der Waals surface area contributed by atoms with Crippen LogP contribution in [0, 0.1) is 13.8 Å². The lowest BCUT2D eigenvalue weighted by Crippen LogP contribution is -2.28. The minimum Gasteiger partial charge on any atom is -0.487 e. The number of hydrogen-bond acceptors (Lipinski definition) is 4. The quantitative estimate of drug-likeness (QED) is 0.378. The highest BCUT2D eigenvalue weighted by Crippen LogP contribution is 2.27. The van der Waals surface area contributed by atoms with Crippen molar-refractivity contribution in [2.24, 2.45) is 10.9 Å². The van der Waals surface area contributed by atoms with Crippen molar-refractivity contribution < 1.29 is 14.7 Å². The molecule has 1 atom stereocenters. The third kappa shape index (κ3) is 3.17. The first-order valence-corrected chi connectivity index (χ1v) is 6.45. The van der Waals surface area contributed by atoms with Gasteiger partial charge in [-0.15, -0.1) is 0 Å². The van der Waals surface area contributed by atoms with Crippen molar-refractivity contribution in [1.29, 1.82) is 0 Å². The number of hydrogen-bond donors (Lipinski definition) is 2. The molecule has 1 aliphatic rings. The van der Waals surface area contributed by atoms with E-state index in [-0.39, 0.29) is 11.9 Å². The molecule has 1 unspecified atom stereocenters. The summed E-state index contributed by atoms with van der Waals surface area (Å²) in [5.74, 6) is 0.976. The van der Waals surface area contributed by atoms with E-state index in [0.29, 0.717) is 12.2 Å². The Labute approximate surface area is 113 Å². The number of nitrogens with two attached hydrogens (primary N) is 1. The second-order valence-corrected chi connectivity index (χ2v) is 4.88. The maximum Gasteiger partial charge on any atom is 0.170 e. The molecule has 1 aromatic rings. The first-order chi connectivity index (χ1) is 9.11. The lowest BCUT2D eigenvalue weighted by molar-refractivity contribution is 0.00687. The predicted molar refractivity (Wildman–Crippen MR) is 72.9 cm³/mol. The topological polar surface area (TPSA) is 77.1 Å². The van der Waals surface area contributed by atoms with Crippen LogP contribution in [0.5, 0.6) is 5.75 Å². The summed E-state index contributed by atoms with van der Waals surface area (Å²) in [6.07, 6.45) is 2.16. The van der Waals surface area contributed by atoms with Crippen molar-refractivity contribution in [3.8, 4) is 5.75 Å². The Hall–Kier alpha value is -1.75. The number of benzene rings is 1. The van der Waals surface area contributed by atoms with Crippen molar-refractivity contribution in [2.75, 3.05) is 13.2 Å². The Morgan fingerprint density at radius 2 is 2.11 bits per heavy atom. The molecule has 104 valence electrons. The van der Waals surface area contributed by atoms with Gasteiger partial charge in [0.15, 0.2) is 5.84 Å². The Kier molecular flexibility index (Phi) is 4.27. The highest BCUT2D eigenvalue weighted by molar-refractivity contribution is 5.97. The molecule has 1 aliphatic heterocycles. The van der Waals surface area contributed by atoms with Crippen LogP contribution in [-0.4, -0.2) is 30.4 Å². The van der Waals surface area contributed by atoms with Gasteiger partial charge in [-0.05, 0) is 49.9 Å². The van der Waals surface area contributed by atoms with Crippen LogP contribution in [0.2, 0.25) is 0 Å². The molecule has 0 saturated carbocycles. The fourth-order valence-corrected chi connectivity index (χ4v) is 2.31. The standard InChI is InChI=1S/C14H20N2O3/c1-9-6-11(14(15)16-17)7-10(2)13(9)19-12-4-3-5-18-8-12/h6-7,12,17H,3-5,8H2,1-2H3,(H2,15,16). The van der Waals surface area contributed by atoms with Gasteiger partial charge >= 0.3 is 0 Å². The first-order valence-electron chi connectivity index (χ1n) is 6.45. The van der Waals surface area contributed by atoms with Crippen LogP contribution in [-0.2, 0) is 4.74 Å². The molecule has 0 radical (unpaired) electrons. The molecule has 1 heterocycles. The Balaban J connectivity index is 2.21. The molecular formula is C14H20N2O3. The van der Waals surface area contributed by atoms with E-state index in [4.69, 9.17) is 20.4 Å². The van der Waals surface area contributed by atoms with Gasteiger partial charge in [0.05, 0.1) is 6.61 Å². The van der Waals surface area contributed by atoms with E-state index in [1.807, 2.05) is 26.0 Å². The van der Waals surface area contributed by atoms with Gasteiger partial charge in [0, 0.05) is 12.2 Å². The summed E-state index contributed by atoms with van der Waals surface area (Å²) in [6, 6.07) is 3.72. The molecule has 1 saturated heterocycles. The van der Waals surface area contributed by atoms with Crippen LogP contribution in [0.4, 0.5) is 0 Å². The average molecular weight is 264 g/mol. The van der Waals surface area contributed by atoms with Gasteiger partial charge < -0.3 is 20.4 Å². The molecule has 0 aliphatic carbocycles. The monoisotopic (exact) mass is 264 g/mol. The largest absolute Gasteiger partial charge is 0.487 e. The fraction of sp³-hybridized carbons (Fsp3) is 0.500. The molecule has 3 N–H and O–H groups in total. The third-order valence-corrected chi connectivity index (χ3v) is 3.27. The summed E-state index contributed by atoms with van der Waals surface area (Å²) in [5, 5.41) is 11.7. The van der Waals surface area contributed by atoms with E-state index in [1.165, 1.54) is 0 Å². The van der Waals surface area contributed by atoms with Crippen LogP contribution in [0.15, 0.2) is 17.3 Å². The Morgan fingerprint density at radius 3 is 2.63 bits per heavy atom. The molecule has 2 rings (SSSR count). The number of amidine groups is 1. The minimum absolute atomic E-state index is 0.110. The van der Waals surface area contributed by atoms with Crippen LogP contribution < -0.4 is 10.5 Å². The Bertz CT molecular complexity index is 457. The zero-order valence-corrected chi connectivity index (χ0v) is 11.3. The maximum atomic E-state index is 8.72. The highest BCUT2D eigenvalue weighted by Gasteiger charge is 2.18. The van der Waals surface area contributed by atoms with Crippen molar-refractivity contribution in [3.63, 3.8) is 0 Å². The second kappa shape index (κ2) is 5.93. The zero-order valence-electron chi connectivity index (χ0n) is 11.3. The van der Waals surface area contributed by atoms with Gasteiger partial charge in [0.2, 0.25) is 0 Å². The van der Waals surface area contributed by atoms with E-state index in [9.17, 15) is 0 Å². The third-order valence-electron chi connectivity index (χ3n) is 3.27. The molecule has 0 aromatic heterocycles. The molecule has 0 bridgehead atoms. The van der Waals surface area contributed by atoms with Crippen molar-refractivity contribution in [2.45, 2.75) is 32.8 Å². The number of nitrogens with zero attached hydrogens (tertiary/aromatic N) is 1. The molecule has 5 nitrogen and oxygen atoms in total. The minimum atomic E-state index is 0.110.